The van der Waals surface area contributed by atoms with Gasteiger partial charge in [-0.1, -0.05) is 24.3 Å². The second-order valence-electron chi connectivity index (χ2n) is 10.5. The summed E-state index contributed by atoms with van der Waals surface area (Å²) in [7, 11) is -3.34. The van der Waals surface area contributed by atoms with Crippen molar-refractivity contribution in [3.05, 3.63) is 78.9 Å². The minimum atomic E-state index is -3.34. The smallest absolute Gasteiger partial charge is 0.245 e. The molecule has 202 valence electrons. The zero-order valence-corrected chi connectivity index (χ0v) is 22.6. The number of aromatic nitrogens is 6. The Hall–Kier alpha value is -4.38. The SMILES string of the molecule is CS(=O)(=O)c1cccc(-c2ccc3nc(NCc4ccc(-n5cncn5)cc4)nc(OC4C[C@@H]5C[C@@H]5C4)c3n2)c1. The highest BCUT2D eigenvalue weighted by atomic mass is 32.2. The summed E-state index contributed by atoms with van der Waals surface area (Å²) >= 11 is 0. The fourth-order valence-electron chi connectivity index (χ4n) is 5.40. The predicted octanol–water partition coefficient (Wildman–Crippen LogP) is 4.47. The minimum absolute atomic E-state index is 0.109. The van der Waals surface area contributed by atoms with Crippen molar-refractivity contribution >= 4 is 26.8 Å². The topological polar surface area (TPSA) is 125 Å². The molecule has 7 rings (SSSR count). The van der Waals surface area contributed by atoms with Crippen LogP contribution in [0.1, 0.15) is 24.8 Å². The number of sulfone groups is 1. The fourth-order valence-corrected chi connectivity index (χ4v) is 6.07. The molecule has 3 heterocycles. The predicted molar refractivity (Wildman–Crippen MR) is 150 cm³/mol. The number of nitrogens with one attached hydrogen (secondary N) is 1. The Bertz CT molecular complexity index is 1800. The Morgan fingerprint density at radius 2 is 1.80 bits per heavy atom. The third kappa shape index (κ3) is 5.00. The van der Waals surface area contributed by atoms with Crippen LogP contribution in [0, 0.1) is 11.8 Å². The van der Waals surface area contributed by atoms with E-state index in [0.717, 1.165) is 35.9 Å². The van der Waals surface area contributed by atoms with Crippen LogP contribution >= 0.6 is 0 Å². The summed E-state index contributed by atoms with van der Waals surface area (Å²) < 4.78 is 32.4. The normalized spacial score (nSPS) is 19.9. The number of hydrogen-bond donors (Lipinski definition) is 1. The Kier molecular flexibility index (Phi) is 5.96. The van der Waals surface area contributed by atoms with Gasteiger partial charge in [0.15, 0.2) is 15.4 Å². The summed E-state index contributed by atoms with van der Waals surface area (Å²) in [5, 5.41) is 7.49. The van der Waals surface area contributed by atoms with Gasteiger partial charge in [0.05, 0.1) is 21.8 Å². The van der Waals surface area contributed by atoms with Gasteiger partial charge in [-0.2, -0.15) is 10.1 Å². The Morgan fingerprint density at radius 3 is 2.55 bits per heavy atom. The monoisotopic (exact) mass is 553 g/mol. The maximum Gasteiger partial charge on any atom is 0.245 e. The van der Waals surface area contributed by atoms with Gasteiger partial charge in [-0.15, -0.1) is 0 Å². The van der Waals surface area contributed by atoms with Gasteiger partial charge in [0.1, 0.15) is 18.8 Å². The number of hydrogen-bond acceptors (Lipinski definition) is 9. The van der Waals surface area contributed by atoms with Crippen molar-refractivity contribution in [1.29, 1.82) is 0 Å². The fraction of sp³-hybridized carbons (Fsp3) is 0.276. The van der Waals surface area contributed by atoms with Gasteiger partial charge < -0.3 is 10.1 Å². The van der Waals surface area contributed by atoms with Gasteiger partial charge in [-0.25, -0.2) is 28.1 Å². The molecular formula is C29H27N7O3S. The highest BCUT2D eigenvalue weighted by molar-refractivity contribution is 7.90. The molecule has 2 aromatic carbocycles. The molecule has 2 aliphatic rings. The van der Waals surface area contributed by atoms with Crippen LogP contribution in [-0.2, 0) is 16.4 Å². The molecule has 1 N–H and O–H groups in total. The van der Waals surface area contributed by atoms with Gasteiger partial charge in [0.2, 0.25) is 11.8 Å². The largest absolute Gasteiger partial charge is 0.473 e. The van der Waals surface area contributed by atoms with E-state index in [1.165, 1.54) is 19.0 Å². The lowest BCUT2D eigenvalue weighted by molar-refractivity contribution is 0.189. The number of ether oxygens (including phenoxy) is 1. The number of anilines is 1. The zero-order valence-electron chi connectivity index (χ0n) is 21.8. The van der Waals surface area contributed by atoms with Crippen molar-refractivity contribution in [3.8, 4) is 22.8 Å². The zero-order chi connectivity index (χ0) is 27.3. The molecule has 0 bridgehead atoms. The number of benzene rings is 2. The first kappa shape index (κ1) is 24.6. The van der Waals surface area contributed by atoms with Gasteiger partial charge in [-0.05, 0) is 73.1 Å². The first-order chi connectivity index (χ1) is 19.4. The van der Waals surface area contributed by atoms with E-state index in [1.807, 2.05) is 42.5 Å². The standard InChI is InChI=1S/C29H27N7O3S/c1-40(37,38)24-4-2-3-19(14-24)25-9-10-26-27(33-25)28(39-23-12-20-11-21(20)13-23)35-29(34-26)31-15-18-5-7-22(8-6-18)36-17-30-16-32-36/h2-10,14,16-17,20-21,23H,11-13,15H2,1H3,(H,31,34,35)/t20-,21+,23?. The summed E-state index contributed by atoms with van der Waals surface area (Å²) in [4.78, 5) is 18.5. The molecule has 1 unspecified atom stereocenters. The second kappa shape index (κ2) is 9.67. The molecule has 5 aromatic rings. The third-order valence-corrected chi connectivity index (χ3v) is 8.73. The molecule has 2 saturated carbocycles. The second-order valence-corrected chi connectivity index (χ2v) is 12.6. The molecule has 0 aliphatic heterocycles. The summed E-state index contributed by atoms with van der Waals surface area (Å²) in [5.41, 5.74) is 4.54. The number of rotatable bonds is 8. The van der Waals surface area contributed by atoms with Crippen molar-refractivity contribution < 1.29 is 13.2 Å². The molecule has 3 aromatic heterocycles. The Labute approximate surface area is 231 Å². The van der Waals surface area contributed by atoms with Crippen LogP contribution in [0.2, 0.25) is 0 Å². The lowest BCUT2D eigenvalue weighted by Gasteiger charge is -2.17. The minimum Gasteiger partial charge on any atom is -0.473 e. The summed E-state index contributed by atoms with van der Waals surface area (Å²) in [6.07, 6.45) is 7.84. The lowest BCUT2D eigenvalue weighted by atomic mass is 10.1. The summed E-state index contributed by atoms with van der Waals surface area (Å²) in [5.74, 6) is 2.43. The molecule has 2 fully saturated rings. The lowest BCUT2D eigenvalue weighted by Crippen LogP contribution is -2.16. The summed E-state index contributed by atoms with van der Waals surface area (Å²) in [6, 6.07) is 18.5. The molecular weight excluding hydrogens is 526 g/mol. The third-order valence-electron chi connectivity index (χ3n) is 7.62. The molecule has 10 nitrogen and oxygen atoms in total. The number of pyridine rings is 1. The first-order valence-electron chi connectivity index (χ1n) is 13.2. The van der Waals surface area contributed by atoms with Crippen molar-refractivity contribution in [2.45, 2.75) is 36.8 Å². The van der Waals surface area contributed by atoms with Gasteiger partial charge in [0, 0.05) is 18.4 Å². The number of fused-ring (bicyclic) bond motifs is 2. The van der Waals surface area contributed by atoms with E-state index in [-0.39, 0.29) is 11.0 Å². The quantitative estimate of drug-likeness (QED) is 0.296. The summed E-state index contributed by atoms with van der Waals surface area (Å²) in [6.45, 7) is 0.528. The van der Waals surface area contributed by atoms with Crippen LogP contribution in [-0.4, -0.2) is 50.5 Å². The Balaban J connectivity index is 1.19. The first-order valence-corrected chi connectivity index (χ1v) is 15.1. The average Bonchev–Trinajstić information content (AvgIpc) is 3.31. The average molecular weight is 554 g/mol. The van der Waals surface area contributed by atoms with Crippen molar-refractivity contribution in [2.75, 3.05) is 11.6 Å². The molecule has 40 heavy (non-hydrogen) atoms. The van der Waals surface area contributed by atoms with E-state index < -0.39 is 9.84 Å². The van der Waals surface area contributed by atoms with Crippen LogP contribution in [0.5, 0.6) is 5.88 Å². The molecule has 3 atom stereocenters. The molecule has 2 aliphatic carbocycles. The van der Waals surface area contributed by atoms with Crippen LogP contribution < -0.4 is 10.1 Å². The highest BCUT2D eigenvalue weighted by Gasteiger charge is 2.47. The molecule has 11 heteroatoms. The van der Waals surface area contributed by atoms with E-state index >= 15 is 0 Å². The molecule has 0 saturated heterocycles. The van der Waals surface area contributed by atoms with Gasteiger partial charge in [0.25, 0.3) is 0 Å². The molecule has 0 amide bonds. The highest BCUT2D eigenvalue weighted by Crippen LogP contribution is 2.52. The van der Waals surface area contributed by atoms with Crippen LogP contribution in [0.25, 0.3) is 28.0 Å². The van der Waals surface area contributed by atoms with Crippen LogP contribution in [0.3, 0.4) is 0 Å². The Morgan fingerprint density at radius 1 is 0.975 bits per heavy atom. The van der Waals surface area contributed by atoms with Crippen LogP contribution in [0.4, 0.5) is 5.95 Å². The van der Waals surface area contributed by atoms with E-state index in [9.17, 15) is 8.42 Å². The van der Waals surface area contributed by atoms with E-state index in [0.29, 0.717) is 40.7 Å². The van der Waals surface area contributed by atoms with Gasteiger partial charge >= 0.3 is 0 Å². The molecule has 0 radical (unpaired) electrons. The van der Waals surface area contributed by atoms with Crippen LogP contribution in [0.15, 0.2) is 78.2 Å². The van der Waals surface area contributed by atoms with Crippen molar-refractivity contribution in [1.82, 2.24) is 29.7 Å². The number of nitrogens with zero attached hydrogens (tertiary/aromatic N) is 6. The van der Waals surface area contributed by atoms with Gasteiger partial charge in [-0.3, -0.25) is 0 Å². The van der Waals surface area contributed by atoms with E-state index in [4.69, 9.17) is 19.7 Å². The maximum absolute atomic E-state index is 12.1. The van der Waals surface area contributed by atoms with E-state index in [1.54, 1.807) is 29.2 Å². The van der Waals surface area contributed by atoms with Crippen molar-refractivity contribution in [3.63, 3.8) is 0 Å². The maximum atomic E-state index is 12.1. The van der Waals surface area contributed by atoms with E-state index in [2.05, 4.69) is 15.4 Å². The van der Waals surface area contributed by atoms with Crippen molar-refractivity contribution in [2.24, 2.45) is 11.8 Å². The molecule has 0 spiro atoms.